The zero-order chi connectivity index (χ0) is 22.1. The van der Waals surface area contributed by atoms with E-state index in [1.165, 1.54) is 16.0 Å². The van der Waals surface area contributed by atoms with Crippen molar-refractivity contribution in [3.05, 3.63) is 96.0 Å². The Morgan fingerprint density at radius 2 is 1.97 bits per heavy atom. The topological polar surface area (TPSA) is 72.9 Å². The maximum Gasteiger partial charge on any atom is 0.271 e. The van der Waals surface area contributed by atoms with Crippen molar-refractivity contribution in [3.63, 3.8) is 0 Å². The van der Waals surface area contributed by atoms with Crippen LogP contribution < -0.4 is 5.56 Å². The van der Waals surface area contributed by atoms with Crippen LogP contribution in [0.25, 0.3) is 5.69 Å². The standard InChI is InChI=1S/C22H20Cl2N4O2S/c1-13-7-15(3-4-17(13)27-10-14(2)25-12-27)8-16-9-20(23)26-28(22(16)30)18(11-29)19-5-6-21(24)31-19/h3-7,9-10,12,18,29H,8,11H2,1-2H3/t18-/m0/s1. The molecule has 0 bridgehead atoms. The van der Waals surface area contributed by atoms with Crippen LogP contribution in [0.4, 0.5) is 0 Å². The van der Waals surface area contributed by atoms with Gasteiger partial charge in [-0.05, 0) is 49.2 Å². The van der Waals surface area contributed by atoms with Crippen LogP contribution in [-0.4, -0.2) is 31.0 Å². The molecule has 31 heavy (non-hydrogen) atoms. The van der Waals surface area contributed by atoms with Crippen molar-refractivity contribution in [2.45, 2.75) is 26.3 Å². The van der Waals surface area contributed by atoms with Crippen LogP contribution in [0.2, 0.25) is 9.49 Å². The monoisotopic (exact) mass is 474 g/mol. The third-order valence-corrected chi connectivity index (χ3v) is 6.53. The second-order valence-corrected chi connectivity index (χ2v) is 9.44. The Bertz CT molecular complexity index is 1290. The van der Waals surface area contributed by atoms with Crippen molar-refractivity contribution in [2.75, 3.05) is 6.61 Å². The number of halogens is 2. The highest BCUT2D eigenvalue weighted by atomic mass is 35.5. The summed E-state index contributed by atoms with van der Waals surface area (Å²) in [5, 5.41) is 14.3. The molecule has 3 heterocycles. The molecule has 0 saturated heterocycles. The molecule has 0 spiro atoms. The van der Waals surface area contributed by atoms with Crippen LogP contribution >= 0.6 is 34.5 Å². The highest BCUT2D eigenvalue weighted by Gasteiger charge is 2.20. The summed E-state index contributed by atoms with van der Waals surface area (Å²) in [6, 6.07) is 10.5. The molecule has 1 aromatic carbocycles. The molecule has 1 atom stereocenters. The zero-order valence-corrected chi connectivity index (χ0v) is 19.2. The van der Waals surface area contributed by atoms with Gasteiger partial charge in [-0.3, -0.25) is 4.79 Å². The number of imidazole rings is 1. The highest BCUT2D eigenvalue weighted by molar-refractivity contribution is 7.16. The maximum atomic E-state index is 13.2. The summed E-state index contributed by atoms with van der Waals surface area (Å²) in [7, 11) is 0. The molecule has 4 aromatic rings. The van der Waals surface area contributed by atoms with Crippen LogP contribution in [0.1, 0.15) is 33.3 Å². The summed E-state index contributed by atoms with van der Waals surface area (Å²) in [4.78, 5) is 18.2. The number of hydrogen-bond acceptors (Lipinski definition) is 5. The van der Waals surface area contributed by atoms with Gasteiger partial charge in [0.2, 0.25) is 0 Å². The summed E-state index contributed by atoms with van der Waals surface area (Å²) < 4.78 is 3.80. The first-order valence-corrected chi connectivity index (χ1v) is 11.2. The van der Waals surface area contributed by atoms with Crippen molar-refractivity contribution in [1.82, 2.24) is 19.3 Å². The quantitative estimate of drug-likeness (QED) is 0.443. The Hall–Kier alpha value is -2.45. The molecule has 1 N–H and O–H groups in total. The third-order valence-electron chi connectivity index (χ3n) is 5.02. The fourth-order valence-corrected chi connectivity index (χ4v) is 4.90. The minimum atomic E-state index is -0.643. The van der Waals surface area contributed by atoms with E-state index in [0.29, 0.717) is 16.3 Å². The minimum absolute atomic E-state index is 0.193. The maximum absolute atomic E-state index is 13.2. The number of nitrogens with zero attached hydrogens (tertiary/aromatic N) is 4. The number of aliphatic hydroxyl groups excluding tert-OH is 1. The smallest absolute Gasteiger partial charge is 0.271 e. The van der Waals surface area contributed by atoms with Crippen LogP contribution in [0, 0.1) is 13.8 Å². The number of aromatic nitrogens is 4. The molecule has 0 radical (unpaired) electrons. The van der Waals surface area contributed by atoms with Crippen LogP contribution in [0.5, 0.6) is 0 Å². The van der Waals surface area contributed by atoms with E-state index in [-0.39, 0.29) is 17.3 Å². The van der Waals surface area contributed by atoms with Gasteiger partial charge in [0, 0.05) is 28.7 Å². The second-order valence-electron chi connectivity index (χ2n) is 7.30. The second kappa shape index (κ2) is 8.96. The Morgan fingerprint density at radius 1 is 1.16 bits per heavy atom. The molecule has 0 aliphatic carbocycles. The van der Waals surface area contributed by atoms with Gasteiger partial charge < -0.3 is 9.67 Å². The van der Waals surface area contributed by atoms with Crippen molar-refractivity contribution in [2.24, 2.45) is 0 Å². The predicted octanol–water partition coefficient (Wildman–Crippen LogP) is 4.59. The molecule has 0 fully saturated rings. The minimum Gasteiger partial charge on any atom is -0.394 e. The van der Waals surface area contributed by atoms with Crippen LogP contribution in [0.3, 0.4) is 0 Å². The average Bonchev–Trinajstić information content (AvgIpc) is 3.34. The normalized spacial score (nSPS) is 12.3. The van der Waals surface area contributed by atoms with Crippen LogP contribution in [0.15, 0.2) is 53.7 Å². The zero-order valence-electron chi connectivity index (χ0n) is 16.9. The first-order chi connectivity index (χ1) is 14.9. The van der Waals surface area contributed by atoms with E-state index in [9.17, 15) is 9.90 Å². The summed E-state index contributed by atoms with van der Waals surface area (Å²) in [6.45, 7) is 3.68. The van der Waals surface area contributed by atoms with E-state index >= 15 is 0 Å². The molecule has 0 amide bonds. The van der Waals surface area contributed by atoms with Gasteiger partial charge in [-0.15, -0.1) is 11.3 Å². The molecule has 4 rings (SSSR count). The number of rotatable bonds is 6. The lowest BCUT2D eigenvalue weighted by Gasteiger charge is -2.16. The summed E-state index contributed by atoms with van der Waals surface area (Å²) in [5.41, 5.74) is 4.23. The average molecular weight is 475 g/mol. The van der Waals surface area contributed by atoms with Gasteiger partial charge in [-0.2, -0.15) is 5.10 Å². The molecule has 0 unspecified atom stereocenters. The summed E-state index contributed by atoms with van der Waals surface area (Å²) in [5.74, 6) is 0. The molecule has 0 aliphatic rings. The van der Waals surface area contributed by atoms with E-state index < -0.39 is 6.04 Å². The van der Waals surface area contributed by atoms with E-state index in [4.69, 9.17) is 23.2 Å². The molecule has 0 aliphatic heterocycles. The third kappa shape index (κ3) is 4.60. The van der Waals surface area contributed by atoms with E-state index in [1.54, 1.807) is 24.5 Å². The van der Waals surface area contributed by atoms with Gasteiger partial charge >= 0.3 is 0 Å². The Balaban J connectivity index is 1.68. The van der Waals surface area contributed by atoms with E-state index in [1.807, 2.05) is 42.8 Å². The summed E-state index contributed by atoms with van der Waals surface area (Å²) >= 11 is 13.6. The Labute approximate surface area is 193 Å². The molecule has 160 valence electrons. The number of aryl methyl sites for hydroxylation is 2. The first kappa shape index (κ1) is 21.8. The van der Waals surface area contributed by atoms with Crippen LogP contribution in [-0.2, 0) is 6.42 Å². The van der Waals surface area contributed by atoms with Gasteiger partial charge in [0.25, 0.3) is 5.56 Å². The van der Waals surface area contributed by atoms with Gasteiger partial charge in [-0.1, -0.05) is 35.3 Å². The van der Waals surface area contributed by atoms with E-state index in [2.05, 4.69) is 10.1 Å². The Kier molecular flexibility index (Phi) is 6.29. The number of hydrogen-bond donors (Lipinski definition) is 1. The van der Waals surface area contributed by atoms with Crippen molar-refractivity contribution in [1.29, 1.82) is 0 Å². The lowest BCUT2D eigenvalue weighted by atomic mass is 10.0. The molecule has 6 nitrogen and oxygen atoms in total. The SMILES string of the molecule is Cc1cn(-c2ccc(Cc3cc(Cl)nn([C@@H](CO)c4ccc(Cl)s4)c3=O)cc2C)cn1. The molecule has 3 aromatic heterocycles. The van der Waals surface area contributed by atoms with Gasteiger partial charge in [-0.25, -0.2) is 9.67 Å². The lowest BCUT2D eigenvalue weighted by Crippen LogP contribution is -2.32. The molecule has 9 heteroatoms. The molecular formula is C22H20Cl2N4O2S. The predicted molar refractivity (Wildman–Crippen MR) is 124 cm³/mol. The fourth-order valence-electron chi connectivity index (χ4n) is 3.55. The largest absolute Gasteiger partial charge is 0.394 e. The van der Waals surface area contributed by atoms with Gasteiger partial charge in [0.05, 0.1) is 23.0 Å². The van der Waals surface area contributed by atoms with Gasteiger partial charge in [0.1, 0.15) is 11.2 Å². The number of thiophene rings is 1. The van der Waals surface area contributed by atoms with Crippen molar-refractivity contribution >= 4 is 34.5 Å². The highest BCUT2D eigenvalue weighted by Crippen LogP contribution is 2.28. The number of aliphatic hydroxyl groups is 1. The fraction of sp³-hybridized carbons (Fsp3) is 0.227. The van der Waals surface area contributed by atoms with Crippen molar-refractivity contribution < 1.29 is 5.11 Å². The molecular weight excluding hydrogens is 455 g/mol. The van der Waals surface area contributed by atoms with Crippen molar-refractivity contribution in [3.8, 4) is 5.69 Å². The molecule has 0 saturated carbocycles. The Morgan fingerprint density at radius 3 is 2.58 bits per heavy atom. The van der Waals surface area contributed by atoms with E-state index in [0.717, 1.165) is 27.4 Å². The summed E-state index contributed by atoms with van der Waals surface area (Å²) in [6.07, 6.45) is 4.15. The first-order valence-electron chi connectivity index (χ1n) is 9.60. The van der Waals surface area contributed by atoms with Gasteiger partial charge in [0.15, 0.2) is 0 Å². The lowest BCUT2D eigenvalue weighted by molar-refractivity contribution is 0.238. The number of benzene rings is 1.